The molecule has 0 aliphatic carbocycles. The first-order chi connectivity index (χ1) is 9.49. The van der Waals surface area contributed by atoms with E-state index in [1.54, 1.807) is 12.1 Å². The van der Waals surface area contributed by atoms with E-state index < -0.39 is 0 Å². The van der Waals surface area contributed by atoms with E-state index in [4.69, 9.17) is 0 Å². The summed E-state index contributed by atoms with van der Waals surface area (Å²) >= 11 is 0. The maximum absolute atomic E-state index is 10.8. The predicted octanol–water partition coefficient (Wildman–Crippen LogP) is 4.38. The molecule has 4 heteroatoms. The fourth-order valence-corrected chi connectivity index (χ4v) is 2.25. The van der Waals surface area contributed by atoms with Crippen molar-refractivity contribution in [2.24, 2.45) is 0 Å². The molecule has 20 heavy (non-hydrogen) atoms. The lowest BCUT2D eigenvalue weighted by Gasteiger charge is -2.19. The van der Waals surface area contributed by atoms with Gasteiger partial charge in [0.1, 0.15) is 0 Å². The molecule has 1 N–H and O–H groups in total. The van der Waals surface area contributed by atoms with Crippen molar-refractivity contribution in [1.82, 2.24) is 0 Å². The summed E-state index contributed by atoms with van der Waals surface area (Å²) in [6.07, 6.45) is 0. The molecule has 0 aliphatic rings. The van der Waals surface area contributed by atoms with Crippen LogP contribution in [0.5, 0.6) is 0 Å². The molecular weight excluding hydrogens is 252 g/mol. The Bertz CT molecular complexity index is 618. The molecule has 0 aliphatic heterocycles. The minimum atomic E-state index is -0.366. The lowest BCUT2D eigenvalue weighted by molar-refractivity contribution is -0.384. The Kier molecular flexibility index (Phi) is 4.03. The molecule has 1 unspecified atom stereocenters. The Labute approximate surface area is 118 Å². The number of non-ortho nitro benzene ring substituents is 1. The fourth-order valence-electron chi connectivity index (χ4n) is 2.25. The second-order valence-electron chi connectivity index (χ2n) is 4.98. The highest BCUT2D eigenvalue weighted by Crippen LogP contribution is 2.26. The molecule has 0 amide bonds. The largest absolute Gasteiger partial charge is 0.378 e. The normalized spacial score (nSPS) is 11.9. The number of anilines is 1. The monoisotopic (exact) mass is 270 g/mol. The van der Waals surface area contributed by atoms with Crippen molar-refractivity contribution in [2.45, 2.75) is 26.8 Å². The summed E-state index contributed by atoms with van der Waals surface area (Å²) in [5, 5.41) is 14.3. The van der Waals surface area contributed by atoms with E-state index in [-0.39, 0.29) is 16.7 Å². The van der Waals surface area contributed by atoms with E-state index in [0.717, 1.165) is 11.3 Å². The Morgan fingerprint density at radius 2 is 1.70 bits per heavy atom. The van der Waals surface area contributed by atoms with Gasteiger partial charge in [0.2, 0.25) is 0 Å². The summed E-state index contributed by atoms with van der Waals surface area (Å²) < 4.78 is 0. The number of nitrogens with one attached hydrogen (secondary N) is 1. The van der Waals surface area contributed by atoms with Crippen LogP contribution < -0.4 is 5.32 Å². The van der Waals surface area contributed by atoms with Crippen molar-refractivity contribution < 1.29 is 4.92 Å². The van der Waals surface area contributed by atoms with Gasteiger partial charge in [-0.1, -0.05) is 30.3 Å². The van der Waals surface area contributed by atoms with Crippen LogP contribution in [-0.2, 0) is 0 Å². The van der Waals surface area contributed by atoms with Crippen LogP contribution in [0.25, 0.3) is 0 Å². The molecule has 0 bridgehead atoms. The van der Waals surface area contributed by atoms with Gasteiger partial charge in [0.05, 0.1) is 4.92 Å². The van der Waals surface area contributed by atoms with Crippen molar-refractivity contribution in [2.75, 3.05) is 5.32 Å². The summed E-state index contributed by atoms with van der Waals surface area (Å²) in [7, 11) is 0. The number of nitro benzene ring substituents is 1. The van der Waals surface area contributed by atoms with Gasteiger partial charge in [-0.05, 0) is 37.5 Å². The van der Waals surface area contributed by atoms with Crippen LogP contribution in [0.15, 0.2) is 42.5 Å². The number of rotatable bonds is 4. The lowest BCUT2D eigenvalue weighted by atomic mass is 10.0. The molecule has 1 atom stereocenters. The quantitative estimate of drug-likeness (QED) is 0.662. The van der Waals surface area contributed by atoms with Gasteiger partial charge in [0.15, 0.2) is 0 Å². The summed E-state index contributed by atoms with van der Waals surface area (Å²) in [4.78, 5) is 10.5. The van der Waals surface area contributed by atoms with Crippen LogP contribution in [0.4, 0.5) is 11.4 Å². The minimum Gasteiger partial charge on any atom is -0.378 e. The smallest absolute Gasteiger partial charge is 0.269 e. The van der Waals surface area contributed by atoms with E-state index in [1.165, 1.54) is 17.2 Å². The first-order valence-corrected chi connectivity index (χ1v) is 6.56. The zero-order chi connectivity index (χ0) is 14.7. The van der Waals surface area contributed by atoms with E-state index in [0.29, 0.717) is 0 Å². The highest BCUT2D eigenvalue weighted by Gasteiger charge is 2.12. The van der Waals surface area contributed by atoms with Crippen molar-refractivity contribution in [3.63, 3.8) is 0 Å². The highest BCUT2D eigenvalue weighted by atomic mass is 16.6. The number of benzene rings is 2. The zero-order valence-corrected chi connectivity index (χ0v) is 11.9. The third-order valence-corrected chi connectivity index (χ3v) is 3.42. The molecule has 0 fully saturated rings. The third-order valence-electron chi connectivity index (χ3n) is 3.42. The van der Waals surface area contributed by atoms with Crippen LogP contribution in [0.1, 0.15) is 29.7 Å². The van der Waals surface area contributed by atoms with Crippen molar-refractivity contribution in [3.05, 3.63) is 69.3 Å². The van der Waals surface area contributed by atoms with Crippen molar-refractivity contribution >= 4 is 11.4 Å². The highest BCUT2D eigenvalue weighted by molar-refractivity contribution is 5.58. The molecule has 4 nitrogen and oxygen atoms in total. The van der Waals surface area contributed by atoms with Crippen molar-refractivity contribution in [1.29, 1.82) is 0 Å². The molecule has 0 aromatic heterocycles. The summed E-state index contributed by atoms with van der Waals surface area (Å²) in [6.45, 7) is 6.11. The van der Waals surface area contributed by atoms with Gasteiger partial charge in [-0.3, -0.25) is 10.1 Å². The summed E-state index contributed by atoms with van der Waals surface area (Å²) in [5.41, 5.74) is 4.45. The molecular formula is C16H18N2O2. The van der Waals surface area contributed by atoms with Crippen molar-refractivity contribution in [3.8, 4) is 0 Å². The SMILES string of the molecule is Cc1cccc(C)c1NC(C)c1cccc([N+](=O)[O-])c1. The second kappa shape index (κ2) is 5.74. The number of aryl methyl sites for hydroxylation is 2. The van der Waals surface area contributed by atoms with Gasteiger partial charge < -0.3 is 5.32 Å². The lowest BCUT2D eigenvalue weighted by Crippen LogP contribution is -2.09. The van der Waals surface area contributed by atoms with E-state index in [9.17, 15) is 10.1 Å². The topological polar surface area (TPSA) is 55.2 Å². The Morgan fingerprint density at radius 1 is 1.10 bits per heavy atom. The molecule has 0 heterocycles. The zero-order valence-electron chi connectivity index (χ0n) is 11.9. The average Bonchev–Trinajstić information content (AvgIpc) is 2.43. The summed E-state index contributed by atoms with van der Waals surface area (Å²) in [5.74, 6) is 0. The van der Waals surface area contributed by atoms with Gasteiger partial charge in [-0.2, -0.15) is 0 Å². The minimum absolute atomic E-state index is 0.00898. The Balaban J connectivity index is 2.26. The van der Waals surface area contributed by atoms with E-state index in [2.05, 4.69) is 31.3 Å². The Hall–Kier alpha value is -2.36. The second-order valence-corrected chi connectivity index (χ2v) is 4.98. The average molecular weight is 270 g/mol. The van der Waals surface area contributed by atoms with Gasteiger partial charge in [0, 0.05) is 23.9 Å². The molecule has 2 aromatic carbocycles. The van der Waals surface area contributed by atoms with Gasteiger partial charge >= 0.3 is 0 Å². The van der Waals surface area contributed by atoms with E-state index in [1.807, 2.05) is 19.1 Å². The molecule has 104 valence electrons. The van der Waals surface area contributed by atoms with Crippen LogP contribution in [0.2, 0.25) is 0 Å². The number of para-hydroxylation sites is 1. The molecule has 0 radical (unpaired) electrons. The Morgan fingerprint density at radius 3 is 2.30 bits per heavy atom. The standard InChI is InChI=1S/C16H18N2O2/c1-11-6-4-7-12(2)16(11)17-13(3)14-8-5-9-15(10-14)18(19)20/h4-10,13,17H,1-3H3. The predicted molar refractivity (Wildman–Crippen MR) is 81.1 cm³/mol. The first-order valence-electron chi connectivity index (χ1n) is 6.56. The van der Waals surface area contributed by atoms with Crippen LogP contribution in [0, 0.1) is 24.0 Å². The van der Waals surface area contributed by atoms with E-state index >= 15 is 0 Å². The third kappa shape index (κ3) is 2.96. The first kappa shape index (κ1) is 14.1. The van der Waals surface area contributed by atoms with Gasteiger partial charge in [-0.15, -0.1) is 0 Å². The van der Waals surface area contributed by atoms with Crippen LogP contribution in [0.3, 0.4) is 0 Å². The molecule has 2 aromatic rings. The maximum Gasteiger partial charge on any atom is 0.269 e. The fraction of sp³-hybridized carbons (Fsp3) is 0.250. The number of nitrogens with zero attached hydrogens (tertiary/aromatic N) is 1. The van der Waals surface area contributed by atoms with Crippen LogP contribution >= 0.6 is 0 Å². The number of hydrogen-bond donors (Lipinski definition) is 1. The number of hydrogen-bond acceptors (Lipinski definition) is 3. The summed E-state index contributed by atoms with van der Waals surface area (Å²) in [6, 6.07) is 12.9. The van der Waals surface area contributed by atoms with Gasteiger partial charge in [-0.25, -0.2) is 0 Å². The molecule has 0 saturated heterocycles. The number of nitro groups is 1. The molecule has 2 rings (SSSR count). The molecule has 0 saturated carbocycles. The maximum atomic E-state index is 10.8. The van der Waals surface area contributed by atoms with Gasteiger partial charge in [0.25, 0.3) is 5.69 Å². The van der Waals surface area contributed by atoms with Crippen LogP contribution in [-0.4, -0.2) is 4.92 Å². The molecule has 0 spiro atoms.